The zero-order valence-electron chi connectivity index (χ0n) is 8.24. The van der Waals surface area contributed by atoms with Crippen molar-refractivity contribution >= 4 is 5.91 Å². The summed E-state index contributed by atoms with van der Waals surface area (Å²) in [4.78, 5) is 15.4. The number of hydrogen-bond donors (Lipinski definition) is 1. The second kappa shape index (κ2) is 5.24. The van der Waals surface area contributed by atoms with Crippen molar-refractivity contribution in [3.63, 3.8) is 0 Å². The van der Waals surface area contributed by atoms with Gasteiger partial charge in [0.15, 0.2) is 6.61 Å². The van der Waals surface area contributed by atoms with Crippen LogP contribution in [-0.4, -0.2) is 19.6 Å². The SMILES string of the molecule is CONC(=O)COc1ccccc1C. The third-order valence-electron chi connectivity index (χ3n) is 1.67. The van der Waals surface area contributed by atoms with Crippen LogP contribution in [0.3, 0.4) is 0 Å². The Labute approximate surface area is 82.8 Å². The fourth-order valence-electron chi connectivity index (χ4n) is 1.00. The van der Waals surface area contributed by atoms with Crippen molar-refractivity contribution in [2.75, 3.05) is 13.7 Å². The van der Waals surface area contributed by atoms with Gasteiger partial charge in [-0.15, -0.1) is 0 Å². The third-order valence-corrected chi connectivity index (χ3v) is 1.67. The Balaban J connectivity index is 2.46. The van der Waals surface area contributed by atoms with Crippen molar-refractivity contribution in [3.8, 4) is 5.75 Å². The number of para-hydroxylation sites is 1. The van der Waals surface area contributed by atoms with Gasteiger partial charge in [-0.3, -0.25) is 9.63 Å². The average molecular weight is 195 g/mol. The maximum absolute atomic E-state index is 11.0. The molecule has 1 aromatic rings. The van der Waals surface area contributed by atoms with Crippen LogP contribution < -0.4 is 10.2 Å². The standard InChI is InChI=1S/C10H13NO3/c1-8-5-3-4-6-9(8)14-7-10(12)11-13-2/h3-6H,7H2,1-2H3,(H,11,12). The van der Waals surface area contributed by atoms with Gasteiger partial charge >= 0.3 is 0 Å². The van der Waals surface area contributed by atoms with Crippen LogP contribution in [0, 0.1) is 6.92 Å². The van der Waals surface area contributed by atoms with Crippen LogP contribution >= 0.6 is 0 Å². The van der Waals surface area contributed by atoms with E-state index in [9.17, 15) is 4.79 Å². The molecule has 0 fully saturated rings. The molecule has 0 saturated heterocycles. The molecular formula is C10H13NO3. The van der Waals surface area contributed by atoms with E-state index in [0.717, 1.165) is 5.56 Å². The summed E-state index contributed by atoms with van der Waals surface area (Å²) in [7, 11) is 1.38. The van der Waals surface area contributed by atoms with Gasteiger partial charge in [0.2, 0.25) is 0 Å². The molecule has 4 nitrogen and oxygen atoms in total. The third kappa shape index (κ3) is 3.06. The predicted octanol–water partition coefficient (Wildman–Crippen LogP) is 1.05. The van der Waals surface area contributed by atoms with Crippen molar-refractivity contribution in [1.82, 2.24) is 5.48 Å². The Kier molecular flexibility index (Phi) is 3.94. The highest BCUT2D eigenvalue weighted by molar-refractivity contribution is 5.76. The lowest BCUT2D eigenvalue weighted by molar-refractivity contribution is -0.133. The van der Waals surface area contributed by atoms with Gasteiger partial charge in [-0.1, -0.05) is 18.2 Å². The zero-order chi connectivity index (χ0) is 10.4. The van der Waals surface area contributed by atoms with Gasteiger partial charge in [-0.25, -0.2) is 5.48 Å². The van der Waals surface area contributed by atoms with Gasteiger partial charge in [0.25, 0.3) is 5.91 Å². The van der Waals surface area contributed by atoms with Gasteiger partial charge in [-0.05, 0) is 18.6 Å². The fraction of sp³-hybridized carbons (Fsp3) is 0.300. The molecule has 0 heterocycles. The number of amides is 1. The molecule has 4 heteroatoms. The fourth-order valence-corrected chi connectivity index (χ4v) is 1.00. The summed E-state index contributed by atoms with van der Waals surface area (Å²) in [5.74, 6) is 0.398. The first-order chi connectivity index (χ1) is 6.74. The van der Waals surface area contributed by atoms with Crippen molar-refractivity contribution in [2.45, 2.75) is 6.92 Å². The van der Waals surface area contributed by atoms with Gasteiger partial charge in [0.1, 0.15) is 5.75 Å². The smallest absolute Gasteiger partial charge is 0.281 e. The summed E-state index contributed by atoms with van der Waals surface area (Å²) < 4.78 is 5.26. The van der Waals surface area contributed by atoms with Crippen LogP contribution in [0.25, 0.3) is 0 Å². The van der Waals surface area contributed by atoms with Gasteiger partial charge in [-0.2, -0.15) is 0 Å². The van der Waals surface area contributed by atoms with Crippen LogP contribution in [0.4, 0.5) is 0 Å². The van der Waals surface area contributed by atoms with Crippen molar-refractivity contribution in [2.24, 2.45) is 0 Å². The molecule has 0 unspecified atom stereocenters. The Morgan fingerprint density at radius 2 is 2.14 bits per heavy atom. The van der Waals surface area contributed by atoms with Crippen LogP contribution in [0.5, 0.6) is 5.75 Å². The van der Waals surface area contributed by atoms with Crippen LogP contribution in [-0.2, 0) is 9.63 Å². The normalized spacial score (nSPS) is 9.57. The second-order valence-electron chi connectivity index (χ2n) is 2.78. The first-order valence-electron chi connectivity index (χ1n) is 4.24. The molecule has 0 atom stereocenters. The zero-order valence-corrected chi connectivity index (χ0v) is 8.24. The minimum absolute atomic E-state index is 0.0430. The number of ether oxygens (including phenoxy) is 1. The average Bonchev–Trinajstić information content (AvgIpc) is 2.17. The van der Waals surface area contributed by atoms with E-state index in [1.54, 1.807) is 0 Å². The molecular weight excluding hydrogens is 182 g/mol. The van der Waals surface area contributed by atoms with Crippen molar-refractivity contribution in [1.29, 1.82) is 0 Å². The van der Waals surface area contributed by atoms with E-state index in [0.29, 0.717) is 5.75 Å². The lowest BCUT2D eigenvalue weighted by Gasteiger charge is -2.07. The van der Waals surface area contributed by atoms with Gasteiger partial charge < -0.3 is 4.74 Å². The van der Waals surface area contributed by atoms with Crippen LogP contribution in [0.2, 0.25) is 0 Å². The molecule has 0 radical (unpaired) electrons. The molecule has 0 spiro atoms. The topological polar surface area (TPSA) is 47.6 Å². The molecule has 0 saturated carbocycles. The molecule has 76 valence electrons. The number of carbonyl (C=O) groups excluding carboxylic acids is 1. The molecule has 0 bridgehead atoms. The number of hydroxylamine groups is 1. The molecule has 1 N–H and O–H groups in total. The quantitative estimate of drug-likeness (QED) is 0.730. The summed E-state index contributed by atoms with van der Waals surface area (Å²) in [5.41, 5.74) is 3.17. The van der Waals surface area contributed by atoms with Crippen molar-refractivity contribution in [3.05, 3.63) is 29.8 Å². The largest absolute Gasteiger partial charge is 0.483 e. The summed E-state index contributed by atoms with van der Waals surface area (Å²) in [6.07, 6.45) is 0. The van der Waals surface area contributed by atoms with E-state index in [-0.39, 0.29) is 12.5 Å². The van der Waals surface area contributed by atoms with E-state index < -0.39 is 0 Å². The van der Waals surface area contributed by atoms with E-state index in [4.69, 9.17) is 4.74 Å². The van der Waals surface area contributed by atoms with Crippen molar-refractivity contribution < 1.29 is 14.4 Å². The molecule has 1 aromatic carbocycles. The van der Waals surface area contributed by atoms with Gasteiger partial charge in [0.05, 0.1) is 7.11 Å². The highest BCUT2D eigenvalue weighted by Gasteiger charge is 2.02. The molecule has 0 aliphatic carbocycles. The Morgan fingerprint density at radius 1 is 1.43 bits per heavy atom. The molecule has 1 amide bonds. The van der Waals surface area contributed by atoms with E-state index in [2.05, 4.69) is 10.3 Å². The summed E-state index contributed by atoms with van der Waals surface area (Å²) in [6, 6.07) is 7.51. The maximum atomic E-state index is 11.0. The molecule has 1 rings (SSSR count). The lowest BCUT2D eigenvalue weighted by atomic mass is 10.2. The highest BCUT2D eigenvalue weighted by atomic mass is 16.6. The number of hydrogen-bond acceptors (Lipinski definition) is 3. The summed E-state index contributed by atoms with van der Waals surface area (Å²) in [5, 5.41) is 0. The Morgan fingerprint density at radius 3 is 2.79 bits per heavy atom. The Bertz CT molecular complexity index is 312. The summed E-state index contributed by atoms with van der Waals surface area (Å²) in [6.45, 7) is 1.88. The van der Waals surface area contributed by atoms with E-state index >= 15 is 0 Å². The van der Waals surface area contributed by atoms with E-state index in [1.807, 2.05) is 31.2 Å². The number of carbonyl (C=O) groups is 1. The Hall–Kier alpha value is -1.55. The van der Waals surface area contributed by atoms with Crippen LogP contribution in [0.1, 0.15) is 5.56 Å². The molecule has 0 aliphatic heterocycles. The molecule has 14 heavy (non-hydrogen) atoms. The minimum atomic E-state index is -0.309. The monoisotopic (exact) mass is 195 g/mol. The molecule has 0 aliphatic rings. The van der Waals surface area contributed by atoms with Gasteiger partial charge in [0, 0.05) is 0 Å². The number of rotatable bonds is 4. The van der Waals surface area contributed by atoms with Crippen LogP contribution in [0.15, 0.2) is 24.3 Å². The second-order valence-corrected chi connectivity index (χ2v) is 2.78. The number of benzene rings is 1. The highest BCUT2D eigenvalue weighted by Crippen LogP contribution is 2.15. The predicted molar refractivity (Wildman–Crippen MR) is 51.8 cm³/mol. The first kappa shape index (κ1) is 10.5. The molecule has 0 aromatic heterocycles. The summed E-state index contributed by atoms with van der Waals surface area (Å²) >= 11 is 0. The number of nitrogens with one attached hydrogen (secondary N) is 1. The lowest BCUT2D eigenvalue weighted by Crippen LogP contribution is -2.27. The number of aryl methyl sites for hydroxylation is 1. The van der Waals surface area contributed by atoms with E-state index in [1.165, 1.54) is 7.11 Å². The minimum Gasteiger partial charge on any atom is -0.483 e. The maximum Gasteiger partial charge on any atom is 0.281 e. The first-order valence-corrected chi connectivity index (χ1v) is 4.24.